The summed E-state index contributed by atoms with van der Waals surface area (Å²) in [5.74, 6) is 2.08. The number of hydrogen-bond donors (Lipinski definition) is 0. The molecular weight excluding hydrogens is 1720 g/mol. The molecule has 0 saturated carbocycles. The molecule has 0 spiro atoms. The Morgan fingerprint density at radius 3 is 0.816 bits per heavy atom. The van der Waals surface area contributed by atoms with E-state index in [1.54, 1.807) is 0 Å². The summed E-state index contributed by atoms with van der Waals surface area (Å²) in [7, 11) is 0. The normalized spacial score (nSPS) is 11.4. The van der Waals surface area contributed by atoms with Gasteiger partial charge in [0.1, 0.15) is 0 Å². The van der Waals surface area contributed by atoms with Crippen molar-refractivity contribution in [2.24, 2.45) is 0 Å². The Morgan fingerprint density at radius 1 is 0.149 bits per heavy atom. The van der Waals surface area contributed by atoms with E-state index in [0.717, 1.165) is 167 Å². The van der Waals surface area contributed by atoms with Crippen LogP contribution in [0.15, 0.2) is 510 Å². The fraction of sp³-hybridized carbons (Fsp3) is 0. The second-order valence-electron chi connectivity index (χ2n) is 35.1. The van der Waals surface area contributed by atoms with E-state index in [9.17, 15) is 0 Å². The van der Waals surface area contributed by atoms with Crippen LogP contribution in [0.2, 0.25) is 0 Å². The molecule has 0 fully saturated rings. The fourth-order valence-electron chi connectivity index (χ4n) is 19.7. The topological polar surface area (TPSA) is 131 Å². The number of hydrogen-bond acceptors (Lipinski definition) is 9. The van der Waals surface area contributed by atoms with E-state index in [0.29, 0.717) is 17.5 Å². The summed E-state index contributed by atoms with van der Waals surface area (Å²) in [6.45, 7) is 0. The Kier molecular flexibility index (Phi) is 21.7. The zero-order valence-electron chi connectivity index (χ0n) is 76.4. The van der Waals surface area contributed by atoms with Crippen molar-refractivity contribution in [2.75, 3.05) is 0 Å². The summed E-state index contributed by atoms with van der Waals surface area (Å²) in [6.07, 6.45) is 5.55. The van der Waals surface area contributed by atoms with Crippen LogP contribution >= 0.6 is 0 Å². The molecule has 27 aromatic rings. The molecule has 9 aromatic heterocycles. The molecule has 0 unspecified atom stereocenters. The molecule has 0 aliphatic heterocycles. The minimum Gasteiger partial charge on any atom is -0.309 e. The Morgan fingerprint density at radius 2 is 0.433 bits per heavy atom. The van der Waals surface area contributed by atoms with Crippen molar-refractivity contribution in [2.45, 2.75) is 0 Å². The maximum absolute atomic E-state index is 5.12. The van der Waals surface area contributed by atoms with Gasteiger partial charge in [-0.05, 0) is 155 Å². The molecule has 0 atom stereocenters. The molecule has 0 saturated heterocycles. The van der Waals surface area contributed by atoms with Crippen LogP contribution in [0.5, 0.6) is 0 Å². The summed E-state index contributed by atoms with van der Waals surface area (Å²) in [5.41, 5.74) is 34.8. The lowest BCUT2D eigenvalue weighted by atomic mass is 10.00. The molecule has 18 aromatic carbocycles. The molecule has 0 bridgehead atoms. The first-order valence-electron chi connectivity index (χ1n) is 47.3. The van der Waals surface area contributed by atoms with Crippen LogP contribution in [0.4, 0.5) is 0 Å². The van der Waals surface area contributed by atoms with Gasteiger partial charge in [-0.2, -0.15) is 0 Å². The van der Waals surface area contributed by atoms with Crippen LogP contribution in [-0.4, -0.2) is 58.6 Å². The summed E-state index contributed by atoms with van der Waals surface area (Å²) >= 11 is 0. The molecule has 660 valence electrons. The largest absolute Gasteiger partial charge is 0.309 e. The van der Waals surface area contributed by atoms with Crippen molar-refractivity contribution in [1.82, 2.24) is 58.6 Å². The zero-order chi connectivity index (χ0) is 93.5. The van der Waals surface area contributed by atoms with Gasteiger partial charge >= 0.3 is 0 Å². The highest BCUT2D eigenvalue weighted by Gasteiger charge is 2.22. The molecule has 0 N–H and O–H groups in total. The van der Waals surface area contributed by atoms with Crippen molar-refractivity contribution in [3.8, 4) is 152 Å². The molecule has 0 radical (unpaired) electrons. The predicted molar refractivity (Wildman–Crippen MR) is 580 cm³/mol. The van der Waals surface area contributed by atoms with E-state index in [1.807, 2.05) is 97.5 Å². The van der Waals surface area contributed by atoms with Gasteiger partial charge in [-0.1, -0.05) is 364 Å². The number of aromatic nitrogens is 12. The minimum atomic E-state index is 0.690. The van der Waals surface area contributed by atoms with Crippen molar-refractivity contribution < 1.29 is 0 Å². The van der Waals surface area contributed by atoms with Crippen LogP contribution < -0.4 is 0 Å². The van der Waals surface area contributed by atoms with Gasteiger partial charge in [0.05, 0.1) is 83.8 Å². The lowest BCUT2D eigenvalue weighted by Crippen LogP contribution is -1.97. The lowest BCUT2D eigenvalue weighted by molar-refractivity contribution is 1.17. The van der Waals surface area contributed by atoms with E-state index in [-0.39, 0.29) is 0 Å². The maximum Gasteiger partial charge on any atom is 0.160 e. The van der Waals surface area contributed by atoms with Crippen LogP contribution in [0.3, 0.4) is 0 Å². The van der Waals surface area contributed by atoms with Crippen molar-refractivity contribution in [3.05, 3.63) is 510 Å². The van der Waals surface area contributed by atoms with Gasteiger partial charge in [0, 0.05) is 140 Å². The lowest BCUT2D eigenvalue weighted by Gasteiger charge is -2.12. The van der Waals surface area contributed by atoms with Crippen molar-refractivity contribution in [3.63, 3.8) is 0 Å². The van der Waals surface area contributed by atoms with E-state index in [1.165, 1.54) is 65.4 Å². The first-order valence-corrected chi connectivity index (χ1v) is 47.3. The van der Waals surface area contributed by atoms with Crippen LogP contribution in [-0.2, 0) is 0 Å². The molecule has 0 aliphatic carbocycles. The molecular formula is C129H84N12. The van der Waals surface area contributed by atoms with Gasteiger partial charge in [-0.3, -0.25) is 15.0 Å². The molecule has 12 heteroatoms. The standard InChI is InChI=1S/3C43H28N4/c1-2-10-30(11-3-1)39-28-40(31-22-24-33(25-23-31)47-41-16-8-5-13-36(41)37-14-6-9-17-42(37)47)46-43(45-39)32-20-18-29(19-21-32)34-26-27-44-38-15-7-4-12-35(34)38;1-2-10-30(11-3-1)38-28-39(31-23-25-34(26-24-31)47-40-17-6-4-14-36(40)37-15-5-7-18-41(37)47)46-43(45-38)33-21-19-29(20-22-33)35-16-8-12-32-13-9-27-44-42(32)35;1-2-9-30(10-3-1)39-28-40(31-20-23-35(24-21-31)47-41-14-6-4-12-36(41)37-13-5-7-15-42(37)47)46-43(45-39)32-18-16-29(17-19-32)33-22-25-38-34(27-33)11-8-26-44-38/h3*1-28H. The average Bonchev–Trinajstić information content (AvgIpc) is 1.60. The molecule has 141 heavy (non-hydrogen) atoms. The zero-order valence-corrected chi connectivity index (χ0v) is 76.4. The third-order valence-electron chi connectivity index (χ3n) is 26.7. The first-order chi connectivity index (χ1) is 69.9. The summed E-state index contributed by atoms with van der Waals surface area (Å²) in [6, 6.07) is 172. The van der Waals surface area contributed by atoms with E-state index < -0.39 is 0 Å². The van der Waals surface area contributed by atoms with Gasteiger partial charge in [-0.15, -0.1) is 0 Å². The van der Waals surface area contributed by atoms with Crippen LogP contribution in [0.1, 0.15) is 0 Å². The molecule has 12 nitrogen and oxygen atoms in total. The minimum absolute atomic E-state index is 0.690. The first kappa shape index (κ1) is 83.6. The second kappa shape index (κ2) is 36.6. The van der Waals surface area contributed by atoms with Crippen LogP contribution in [0.25, 0.3) is 250 Å². The van der Waals surface area contributed by atoms with Gasteiger partial charge < -0.3 is 13.7 Å². The summed E-state index contributed by atoms with van der Waals surface area (Å²) < 4.78 is 7.01. The number of para-hydroxylation sites is 8. The highest BCUT2D eigenvalue weighted by molar-refractivity contribution is 6.12. The molecule has 27 rings (SSSR count). The smallest absolute Gasteiger partial charge is 0.160 e. The van der Waals surface area contributed by atoms with Crippen LogP contribution in [0, 0.1) is 0 Å². The van der Waals surface area contributed by atoms with Crippen molar-refractivity contribution in [1.29, 1.82) is 0 Å². The van der Waals surface area contributed by atoms with Gasteiger partial charge in [-0.25, -0.2) is 29.9 Å². The number of pyridine rings is 3. The van der Waals surface area contributed by atoms with Gasteiger partial charge in [0.2, 0.25) is 0 Å². The predicted octanol–water partition coefficient (Wildman–Crippen LogP) is 32.4. The summed E-state index contributed by atoms with van der Waals surface area (Å²) in [5, 5.41) is 10.9. The Labute approximate surface area is 813 Å². The Bertz CT molecular complexity index is 8830. The third-order valence-corrected chi connectivity index (χ3v) is 26.7. The fourth-order valence-corrected chi connectivity index (χ4v) is 19.7. The molecule has 0 aliphatic rings. The quantitative estimate of drug-likeness (QED) is 0.0984. The maximum atomic E-state index is 5.12. The highest BCUT2D eigenvalue weighted by Crippen LogP contribution is 2.42. The second-order valence-corrected chi connectivity index (χ2v) is 35.1. The van der Waals surface area contributed by atoms with E-state index in [2.05, 4.69) is 441 Å². The summed E-state index contributed by atoms with van der Waals surface area (Å²) in [4.78, 5) is 44.1. The van der Waals surface area contributed by atoms with Crippen molar-refractivity contribution >= 4 is 98.1 Å². The monoisotopic (exact) mass is 1800 g/mol. The Hall–Kier alpha value is -19.2. The third kappa shape index (κ3) is 16.2. The highest BCUT2D eigenvalue weighted by atomic mass is 15.0. The number of fused-ring (bicyclic) bond motifs is 12. The SMILES string of the molecule is c1ccc(-c2cc(-c3ccc(-n4c5ccccc5c5ccccc54)cc3)nc(-c3ccc(-c4ccc5ncccc5c4)cc3)n2)cc1.c1ccc(-c2cc(-c3ccc(-n4c5ccccc5c5ccccc54)cc3)nc(-c3ccc(-c4cccc5cccnc45)cc3)n2)cc1.c1ccc(-c2cc(-c3ccc(-n4c5ccccc5c5ccccc54)cc3)nc(-c3ccc(-c4ccnc5ccccc45)cc3)n2)cc1. The Balaban J connectivity index is 0.000000111. The number of benzene rings is 18. The number of nitrogens with zero attached hydrogens (tertiary/aromatic N) is 12. The van der Waals surface area contributed by atoms with E-state index >= 15 is 0 Å². The molecule has 9 heterocycles. The number of rotatable bonds is 15. The van der Waals surface area contributed by atoms with Gasteiger partial charge in [0.25, 0.3) is 0 Å². The molecule has 0 amide bonds. The van der Waals surface area contributed by atoms with E-state index in [4.69, 9.17) is 29.9 Å². The van der Waals surface area contributed by atoms with Gasteiger partial charge in [0.15, 0.2) is 17.5 Å². The average molecular weight is 1800 g/mol.